The summed E-state index contributed by atoms with van der Waals surface area (Å²) in [6, 6.07) is 9.96. The van der Waals surface area contributed by atoms with Crippen molar-refractivity contribution in [2.24, 2.45) is 5.92 Å². The Kier molecular flexibility index (Phi) is 6.92. The van der Waals surface area contributed by atoms with Crippen molar-refractivity contribution in [3.63, 3.8) is 0 Å². The molecule has 0 heterocycles. The number of carbonyl (C=O) groups excluding carboxylic acids is 2. The summed E-state index contributed by atoms with van der Waals surface area (Å²) in [6.45, 7) is 3.57. The number of carbonyl (C=O) groups is 2. The number of nitrogens with one attached hydrogen (secondary N) is 2. The van der Waals surface area contributed by atoms with E-state index in [1.165, 1.54) is 12.1 Å². The zero-order valence-corrected chi connectivity index (χ0v) is 16.9. The van der Waals surface area contributed by atoms with Crippen LogP contribution in [-0.2, 0) is 4.79 Å². The number of hydrogen-bond acceptors (Lipinski definition) is 4. The van der Waals surface area contributed by atoms with Gasteiger partial charge in [0.1, 0.15) is 11.1 Å². The second-order valence-electron chi connectivity index (χ2n) is 6.12. The van der Waals surface area contributed by atoms with Crippen LogP contribution in [0.15, 0.2) is 46.9 Å². The minimum Gasteiger partial charge on any atom is -0.340 e. The Balaban J connectivity index is 2.18. The number of halogens is 2. The third-order valence-corrected chi connectivity index (χ3v) is 4.55. The number of nitrogens with zero attached hydrogens (tertiary/aromatic N) is 1. The summed E-state index contributed by atoms with van der Waals surface area (Å²) >= 11 is 9.09. The molecule has 7 nitrogen and oxygen atoms in total. The molecule has 0 aliphatic heterocycles. The standard InChI is InChI=1S/C18H17BrClN3O4/c1-10(2)16(18(25)21-13-5-3-4-12(19)9-13)22-17(24)11-6-7-14(20)15(8-11)23(26)27/h3-10,16H,1-2H3,(H,21,25)(H,22,24). The van der Waals surface area contributed by atoms with Gasteiger partial charge < -0.3 is 10.6 Å². The summed E-state index contributed by atoms with van der Waals surface area (Å²) < 4.78 is 0.805. The Morgan fingerprint density at radius 1 is 1.19 bits per heavy atom. The topological polar surface area (TPSA) is 101 Å². The van der Waals surface area contributed by atoms with Gasteiger partial charge in [0.25, 0.3) is 11.6 Å². The average Bonchev–Trinajstić information content (AvgIpc) is 2.59. The number of anilines is 1. The van der Waals surface area contributed by atoms with Gasteiger partial charge in [0.2, 0.25) is 5.91 Å². The lowest BCUT2D eigenvalue weighted by Crippen LogP contribution is -2.47. The molecule has 0 spiro atoms. The van der Waals surface area contributed by atoms with Crippen LogP contribution in [0.25, 0.3) is 0 Å². The number of rotatable bonds is 6. The Bertz CT molecular complexity index is 889. The maximum Gasteiger partial charge on any atom is 0.288 e. The Labute approximate surface area is 169 Å². The largest absolute Gasteiger partial charge is 0.340 e. The molecule has 0 radical (unpaired) electrons. The molecule has 27 heavy (non-hydrogen) atoms. The first kappa shape index (κ1) is 20.9. The van der Waals surface area contributed by atoms with Gasteiger partial charge in [-0.05, 0) is 36.2 Å². The van der Waals surface area contributed by atoms with Gasteiger partial charge in [-0.1, -0.05) is 47.4 Å². The van der Waals surface area contributed by atoms with Crippen molar-refractivity contribution in [1.29, 1.82) is 0 Å². The molecular weight excluding hydrogens is 438 g/mol. The molecule has 0 aromatic heterocycles. The van der Waals surface area contributed by atoms with E-state index in [1.54, 1.807) is 32.0 Å². The zero-order chi connectivity index (χ0) is 20.1. The van der Waals surface area contributed by atoms with Crippen LogP contribution >= 0.6 is 27.5 Å². The van der Waals surface area contributed by atoms with Gasteiger partial charge in [-0.2, -0.15) is 0 Å². The lowest BCUT2D eigenvalue weighted by molar-refractivity contribution is -0.384. The average molecular weight is 455 g/mol. The Morgan fingerprint density at radius 2 is 1.89 bits per heavy atom. The fourth-order valence-corrected chi connectivity index (χ4v) is 2.93. The highest BCUT2D eigenvalue weighted by Gasteiger charge is 2.26. The maximum absolute atomic E-state index is 12.6. The van der Waals surface area contributed by atoms with E-state index in [4.69, 9.17) is 11.6 Å². The molecule has 142 valence electrons. The van der Waals surface area contributed by atoms with Crippen molar-refractivity contribution in [3.05, 3.63) is 67.6 Å². The van der Waals surface area contributed by atoms with E-state index < -0.39 is 16.9 Å². The highest BCUT2D eigenvalue weighted by atomic mass is 79.9. The van der Waals surface area contributed by atoms with E-state index in [0.717, 1.165) is 10.5 Å². The van der Waals surface area contributed by atoms with Crippen molar-refractivity contribution in [2.75, 3.05) is 5.32 Å². The van der Waals surface area contributed by atoms with Gasteiger partial charge in [0.05, 0.1) is 4.92 Å². The van der Waals surface area contributed by atoms with Crippen molar-refractivity contribution < 1.29 is 14.5 Å². The highest BCUT2D eigenvalue weighted by Crippen LogP contribution is 2.25. The molecule has 0 bridgehead atoms. The van der Waals surface area contributed by atoms with Crippen LogP contribution in [0.3, 0.4) is 0 Å². The third kappa shape index (κ3) is 5.51. The fraction of sp³-hybridized carbons (Fsp3) is 0.222. The first-order chi connectivity index (χ1) is 12.7. The smallest absolute Gasteiger partial charge is 0.288 e. The summed E-state index contributed by atoms with van der Waals surface area (Å²) in [5, 5.41) is 16.3. The number of hydrogen-bond donors (Lipinski definition) is 2. The fourth-order valence-electron chi connectivity index (χ4n) is 2.34. The predicted octanol–water partition coefficient (Wildman–Crippen LogP) is 4.40. The lowest BCUT2D eigenvalue weighted by Gasteiger charge is -2.22. The summed E-state index contributed by atoms with van der Waals surface area (Å²) in [4.78, 5) is 35.4. The SMILES string of the molecule is CC(C)C(NC(=O)c1ccc(Cl)c([N+](=O)[O-])c1)C(=O)Nc1cccc(Br)c1. The van der Waals surface area contributed by atoms with E-state index in [2.05, 4.69) is 26.6 Å². The molecule has 2 amide bonds. The monoisotopic (exact) mass is 453 g/mol. The quantitative estimate of drug-likeness (QED) is 0.499. The van der Waals surface area contributed by atoms with Gasteiger partial charge in [0, 0.05) is 21.8 Å². The van der Waals surface area contributed by atoms with E-state index in [-0.39, 0.29) is 28.1 Å². The van der Waals surface area contributed by atoms with E-state index in [9.17, 15) is 19.7 Å². The van der Waals surface area contributed by atoms with Crippen LogP contribution in [0, 0.1) is 16.0 Å². The Hall–Kier alpha value is -2.45. The highest BCUT2D eigenvalue weighted by molar-refractivity contribution is 9.10. The van der Waals surface area contributed by atoms with E-state index in [0.29, 0.717) is 5.69 Å². The molecule has 2 N–H and O–H groups in total. The number of amides is 2. The second-order valence-corrected chi connectivity index (χ2v) is 7.44. The number of nitro groups is 1. The van der Waals surface area contributed by atoms with Crippen LogP contribution < -0.4 is 10.6 Å². The molecule has 0 aliphatic rings. The minimum atomic E-state index is -0.828. The lowest BCUT2D eigenvalue weighted by atomic mass is 10.0. The maximum atomic E-state index is 12.6. The summed E-state index contributed by atoms with van der Waals surface area (Å²) in [5.74, 6) is -1.19. The first-order valence-electron chi connectivity index (χ1n) is 8.00. The van der Waals surface area contributed by atoms with Gasteiger partial charge >= 0.3 is 0 Å². The van der Waals surface area contributed by atoms with Gasteiger partial charge in [-0.25, -0.2) is 0 Å². The molecule has 1 atom stereocenters. The molecular formula is C18H17BrClN3O4. The van der Waals surface area contributed by atoms with Crippen molar-refractivity contribution in [1.82, 2.24) is 5.32 Å². The molecule has 9 heteroatoms. The first-order valence-corrected chi connectivity index (χ1v) is 9.17. The predicted molar refractivity (Wildman–Crippen MR) is 107 cm³/mol. The number of nitro benzene ring substituents is 1. The summed E-state index contributed by atoms with van der Waals surface area (Å²) in [5.41, 5.74) is 0.257. The Morgan fingerprint density at radius 3 is 2.48 bits per heavy atom. The van der Waals surface area contributed by atoms with Crippen LogP contribution in [0.5, 0.6) is 0 Å². The molecule has 2 rings (SSSR count). The van der Waals surface area contributed by atoms with E-state index in [1.807, 2.05) is 6.07 Å². The van der Waals surface area contributed by atoms with Crippen molar-refractivity contribution in [3.8, 4) is 0 Å². The molecule has 2 aromatic carbocycles. The molecule has 0 saturated carbocycles. The normalized spacial score (nSPS) is 11.7. The third-order valence-electron chi connectivity index (χ3n) is 3.73. The van der Waals surface area contributed by atoms with Gasteiger partial charge in [-0.15, -0.1) is 0 Å². The molecule has 0 saturated heterocycles. The number of benzene rings is 2. The van der Waals surface area contributed by atoms with Gasteiger partial charge in [0.15, 0.2) is 0 Å². The van der Waals surface area contributed by atoms with Crippen LogP contribution in [0.2, 0.25) is 5.02 Å². The van der Waals surface area contributed by atoms with Crippen LogP contribution in [0.1, 0.15) is 24.2 Å². The molecule has 0 aliphatic carbocycles. The second kappa shape index (κ2) is 8.96. The summed E-state index contributed by atoms with van der Waals surface area (Å²) in [7, 11) is 0. The van der Waals surface area contributed by atoms with Crippen LogP contribution in [0.4, 0.5) is 11.4 Å². The molecule has 1 unspecified atom stereocenters. The van der Waals surface area contributed by atoms with Crippen LogP contribution in [-0.4, -0.2) is 22.8 Å². The van der Waals surface area contributed by atoms with Gasteiger partial charge in [-0.3, -0.25) is 19.7 Å². The van der Waals surface area contributed by atoms with Crippen molar-refractivity contribution >= 4 is 50.7 Å². The zero-order valence-electron chi connectivity index (χ0n) is 14.5. The van der Waals surface area contributed by atoms with E-state index >= 15 is 0 Å². The van der Waals surface area contributed by atoms with Crippen molar-refractivity contribution in [2.45, 2.75) is 19.9 Å². The minimum absolute atomic E-state index is 0.0482. The molecule has 0 fully saturated rings. The summed E-state index contributed by atoms with van der Waals surface area (Å²) in [6.07, 6.45) is 0. The molecule has 2 aromatic rings.